The first-order chi connectivity index (χ1) is 14.7. The van der Waals surface area contributed by atoms with Gasteiger partial charge in [-0.15, -0.1) is 0 Å². The minimum Gasteiger partial charge on any atom is -0.351 e. The molecule has 0 radical (unpaired) electrons. The van der Waals surface area contributed by atoms with Crippen LogP contribution in [-0.2, 0) is 0 Å². The van der Waals surface area contributed by atoms with Crippen molar-refractivity contribution in [2.45, 2.75) is 37.8 Å². The van der Waals surface area contributed by atoms with E-state index in [1.807, 2.05) is 40.9 Å². The van der Waals surface area contributed by atoms with Crippen molar-refractivity contribution >= 4 is 11.6 Å². The number of nitrogens with one attached hydrogen (secondary N) is 1. The van der Waals surface area contributed by atoms with E-state index in [1.54, 1.807) is 6.20 Å². The highest BCUT2D eigenvalue weighted by Gasteiger charge is 2.20. The van der Waals surface area contributed by atoms with E-state index in [1.165, 1.54) is 6.20 Å². The van der Waals surface area contributed by atoms with Crippen LogP contribution in [0, 0.1) is 5.82 Å². The summed E-state index contributed by atoms with van der Waals surface area (Å²) in [5.74, 6) is -0.0390. The second-order valence-corrected chi connectivity index (χ2v) is 7.80. The molecule has 0 aliphatic heterocycles. The molecule has 1 aromatic carbocycles. The zero-order valence-corrected chi connectivity index (χ0v) is 16.5. The molecule has 7 heteroatoms. The Kier molecular flexibility index (Phi) is 4.88. The first kappa shape index (κ1) is 18.7. The van der Waals surface area contributed by atoms with Gasteiger partial charge in [0.25, 0.3) is 0 Å². The highest BCUT2D eigenvalue weighted by Crippen LogP contribution is 2.27. The van der Waals surface area contributed by atoms with Crippen LogP contribution in [0.15, 0.2) is 61.1 Å². The van der Waals surface area contributed by atoms with Crippen molar-refractivity contribution in [2.75, 3.05) is 5.32 Å². The van der Waals surface area contributed by atoms with Gasteiger partial charge in [-0.2, -0.15) is 0 Å². The lowest BCUT2D eigenvalue weighted by molar-refractivity contribution is 0.409. The maximum Gasteiger partial charge on any atom is 0.223 e. The second-order valence-electron chi connectivity index (χ2n) is 7.80. The molecule has 3 aromatic heterocycles. The number of nitrogens with zero attached hydrogens (tertiary/aromatic N) is 4. The predicted octanol–water partition coefficient (Wildman–Crippen LogP) is 4.28. The van der Waals surface area contributed by atoms with Gasteiger partial charge in [-0.3, -0.25) is 4.40 Å². The number of rotatable bonds is 4. The average molecular weight is 402 g/mol. The lowest BCUT2D eigenvalue weighted by Gasteiger charge is -2.26. The standard InChI is InChI=1S/C23H23FN6/c24-19-13-27-23(28-18-8-6-17(25)7-9-18)29-22(19)20-14-26-21-12-16(10-11-30(20)21)15-4-2-1-3-5-15/h1-5,10-14,17-18H,6-9,25H2,(H,27,28,29). The Labute approximate surface area is 174 Å². The van der Waals surface area contributed by atoms with Crippen molar-refractivity contribution < 1.29 is 4.39 Å². The number of nitrogens with two attached hydrogens (primary N) is 1. The molecule has 0 bridgehead atoms. The summed E-state index contributed by atoms with van der Waals surface area (Å²) in [6, 6.07) is 14.6. The number of halogens is 1. The first-order valence-electron chi connectivity index (χ1n) is 10.2. The van der Waals surface area contributed by atoms with E-state index in [0.29, 0.717) is 11.6 Å². The van der Waals surface area contributed by atoms with Crippen LogP contribution < -0.4 is 11.1 Å². The van der Waals surface area contributed by atoms with Gasteiger partial charge in [0.2, 0.25) is 5.95 Å². The summed E-state index contributed by atoms with van der Waals surface area (Å²) in [4.78, 5) is 13.1. The summed E-state index contributed by atoms with van der Waals surface area (Å²) >= 11 is 0. The van der Waals surface area contributed by atoms with Crippen molar-refractivity contribution in [3.8, 4) is 22.5 Å². The van der Waals surface area contributed by atoms with E-state index < -0.39 is 5.82 Å². The lowest BCUT2D eigenvalue weighted by Crippen LogP contribution is -2.33. The molecular weight excluding hydrogens is 379 g/mol. The van der Waals surface area contributed by atoms with Gasteiger partial charge in [0.15, 0.2) is 5.82 Å². The molecule has 1 fully saturated rings. The van der Waals surface area contributed by atoms with E-state index in [9.17, 15) is 4.39 Å². The topological polar surface area (TPSA) is 81.1 Å². The molecule has 152 valence electrons. The van der Waals surface area contributed by atoms with Crippen molar-refractivity contribution in [3.05, 3.63) is 66.9 Å². The maximum absolute atomic E-state index is 14.6. The first-order valence-corrected chi connectivity index (χ1v) is 10.2. The number of imidazole rings is 1. The third kappa shape index (κ3) is 3.64. The molecule has 3 N–H and O–H groups in total. The predicted molar refractivity (Wildman–Crippen MR) is 115 cm³/mol. The highest BCUT2D eigenvalue weighted by atomic mass is 19.1. The van der Waals surface area contributed by atoms with Crippen LogP contribution in [0.4, 0.5) is 10.3 Å². The highest BCUT2D eigenvalue weighted by molar-refractivity contribution is 5.70. The SMILES string of the molecule is NC1CCC(Nc2ncc(F)c(-c3cnc4cc(-c5ccccc5)ccn34)n2)CC1. The van der Waals surface area contributed by atoms with Gasteiger partial charge in [0, 0.05) is 18.3 Å². The zero-order chi connectivity index (χ0) is 20.5. The minimum atomic E-state index is -0.472. The van der Waals surface area contributed by atoms with Gasteiger partial charge in [0.05, 0.1) is 18.1 Å². The van der Waals surface area contributed by atoms with Crippen molar-refractivity contribution in [1.82, 2.24) is 19.4 Å². The number of benzene rings is 1. The minimum absolute atomic E-state index is 0.236. The number of fused-ring (bicyclic) bond motifs is 1. The summed E-state index contributed by atoms with van der Waals surface area (Å²) < 4.78 is 16.5. The van der Waals surface area contributed by atoms with Crippen LogP contribution in [0.3, 0.4) is 0 Å². The summed E-state index contributed by atoms with van der Waals surface area (Å²) in [6.07, 6.45) is 8.66. The second kappa shape index (κ2) is 7.84. The Morgan fingerprint density at radius 2 is 1.77 bits per heavy atom. The number of pyridine rings is 1. The summed E-state index contributed by atoms with van der Waals surface area (Å²) in [5, 5.41) is 3.34. The fourth-order valence-corrected chi connectivity index (χ4v) is 4.03. The summed E-state index contributed by atoms with van der Waals surface area (Å²) in [7, 11) is 0. The summed E-state index contributed by atoms with van der Waals surface area (Å²) in [5.41, 5.74) is 9.71. The van der Waals surface area contributed by atoms with Crippen molar-refractivity contribution in [2.24, 2.45) is 5.73 Å². The molecule has 1 aliphatic rings. The van der Waals surface area contributed by atoms with Gasteiger partial charge in [-0.25, -0.2) is 19.3 Å². The largest absolute Gasteiger partial charge is 0.351 e. The zero-order valence-electron chi connectivity index (χ0n) is 16.5. The van der Waals surface area contributed by atoms with E-state index >= 15 is 0 Å². The van der Waals surface area contributed by atoms with E-state index in [4.69, 9.17) is 5.73 Å². The molecule has 4 aromatic rings. The Morgan fingerprint density at radius 3 is 2.57 bits per heavy atom. The monoisotopic (exact) mass is 402 g/mol. The Morgan fingerprint density at radius 1 is 0.967 bits per heavy atom. The number of hydrogen-bond donors (Lipinski definition) is 2. The van der Waals surface area contributed by atoms with Gasteiger partial charge in [0.1, 0.15) is 11.3 Å². The molecule has 0 saturated heterocycles. The van der Waals surface area contributed by atoms with Crippen LogP contribution in [0.25, 0.3) is 28.2 Å². The number of anilines is 1. The van der Waals surface area contributed by atoms with Gasteiger partial charge >= 0.3 is 0 Å². The van der Waals surface area contributed by atoms with Crippen molar-refractivity contribution in [3.63, 3.8) is 0 Å². The quantitative estimate of drug-likeness (QED) is 0.533. The molecule has 0 spiro atoms. The molecule has 1 saturated carbocycles. The van der Waals surface area contributed by atoms with Gasteiger partial charge in [-0.05, 0) is 48.9 Å². The summed E-state index contributed by atoms with van der Waals surface area (Å²) in [6.45, 7) is 0. The van der Waals surface area contributed by atoms with E-state index in [-0.39, 0.29) is 17.8 Å². The van der Waals surface area contributed by atoms with E-state index in [0.717, 1.165) is 42.5 Å². The molecule has 3 heterocycles. The number of hydrogen-bond acceptors (Lipinski definition) is 5. The normalized spacial score (nSPS) is 19.1. The van der Waals surface area contributed by atoms with Crippen molar-refractivity contribution in [1.29, 1.82) is 0 Å². The molecule has 30 heavy (non-hydrogen) atoms. The average Bonchev–Trinajstić information content (AvgIpc) is 3.20. The maximum atomic E-state index is 14.6. The Balaban J connectivity index is 1.46. The molecule has 0 unspecified atom stereocenters. The van der Waals surface area contributed by atoms with E-state index in [2.05, 4.69) is 32.4 Å². The Hall–Kier alpha value is -3.32. The smallest absolute Gasteiger partial charge is 0.223 e. The third-order valence-electron chi connectivity index (χ3n) is 5.71. The molecule has 0 amide bonds. The molecular formula is C23H23FN6. The third-order valence-corrected chi connectivity index (χ3v) is 5.71. The van der Waals surface area contributed by atoms with Gasteiger partial charge < -0.3 is 11.1 Å². The van der Waals surface area contributed by atoms with Gasteiger partial charge in [-0.1, -0.05) is 30.3 Å². The molecule has 1 aliphatic carbocycles. The van der Waals surface area contributed by atoms with Crippen LogP contribution >= 0.6 is 0 Å². The Bertz CT molecular complexity index is 1170. The fraction of sp³-hybridized carbons (Fsp3) is 0.261. The van der Waals surface area contributed by atoms with Crippen LogP contribution in [0.2, 0.25) is 0 Å². The molecule has 6 nitrogen and oxygen atoms in total. The lowest BCUT2D eigenvalue weighted by atomic mass is 9.92. The van der Waals surface area contributed by atoms with Crippen LogP contribution in [0.1, 0.15) is 25.7 Å². The molecule has 0 atom stereocenters. The van der Waals surface area contributed by atoms with Crippen LogP contribution in [0.5, 0.6) is 0 Å². The molecule has 5 rings (SSSR count). The number of aromatic nitrogens is 4. The fourth-order valence-electron chi connectivity index (χ4n) is 4.03. The van der Waals surface area contributed by atoms with Crippen LogP contribution in [-0.4, -0.2) is 31.4 Å².